The Morgan fingerprint density at radius 2 is 1.86 bits per heavy atom. The number of aromatic amines is 1. The molecule has 1 heterocycles. The molecule has 0 aliphatic rings. The Bertz CT molecular complexity index is 680. The third kappa shape index (κ3) is 3.35. The first-order chi connectivity index (χ1) is 10.3. The molecule has 3 rings (SSSR count). The summed E-state index contributed by atoms with van der Waals surface area (Å²) in [7, 11) is 0. The number of aromatic nitrogens is 2. The van der Waals surface area contributed by atoms with E-state index in [1.54, 1.807) is 24.5 Å². The largest absolute Gasteiger partial charge is 0.348 e. The fraction of sp³-hybridized carbons (Fsp3) is 0.118. The van der Waals surface area contributed by atoms with Crippen LogP contribution in [-0.4, -0.2) is 9.97 Å². The lowest BCUT2D eigenvalue weighted by atomic mass is 9.98. The molecular weight excluding hydrogens is 265 g/mol. The first kappa shape index (κ1) is 13.5. The summed E-state index contributed by atoms with van der Waals surface area (Å²) in [6.07, 6.45) is 3.51. The van der Waals surface area contributed by atoms with E-state index in [1.807, 2.05) is 36.4 Å². The van der Waals surface area contributed by atoms with E-state index in [0.717, 1.165) is 17.0 Å². The molecule has 2 aromatic carbocycles. The molecule has 106 valence electrons. The van der Waals surface area contributed by atoms with Gasteiger partial charge in [0.2, 0.25) is 0 Å². The summed E-state index contributed by atoms with van der Waals surface area (Å²) >= 11 is 0. The number of H-pyrrole nitrogens is 1. The third-order valence-corrected chi connectivity index (χ3v) is 3.34. The van der Waals surface area contributed by atoms with Crippen molar-refractivity contribution in [2.24, 2.45) is 0 Å². The van der Waals surface area contributed by atoms with Gasteiger partial charge in [-0.2, -0.15) is 0 Å². The second-order valence-electron chi connectivity index (χ2n) is 4.82. The number of nitrogens with one attached hydrogen (secondary N) is 2. The van der Waals surface area contributed by atoms with Gasteiger partial charge in [0.25, 0.3) is 0 Å². The van der Waals surface area contributed by atoms with Crippen LogP contribution < -0.4 is 5.32 Å². The first-order valence-electron chi connectivity index (χ1n) is 6.85. The molecule has 0 radical (unpaired) electrons. The molecule has 0 unspecified atom stereocenters. The van der Waals surface area contributed by atoms with Crippen molar-refractivity contribution in [3.05, 3.63) is 89.8 Å². The zero-order chi connectivity index (χ0) is 14.5. The Hall–Kier alpha value is -2.46. The minimum Gasteiger partial charge on any atom is -0.348 e. The Morgan fingerprint density at radius 1 is 1.05 bits per heavy atom. The Labute approximate surface area is 122 Å². The molecule has 1 aromatic heterocycles. The van der Waals surface area contributed by atoms with E-state index in [-0.39, 0.29) is 11.9 Å². The van der Waals surface area contributed by atoms with Crippen molar-refractivity contribution < 1.29 is 4.39 Å². The van der Waals surface area contributed by atoms with E-state index in [4.69, 9.17) is 0 Å². The fourth-order valence-electron chi connectivity index (χ4n) is 2.35. The summed E-state index contributed by atoms with van der Waals surface area (Å²) in [5.74, 6) is 0.626. The minimum absolute atomic E-state index is 0.0769. The normalized spacial score (nSPS) is 12.2. The van der Waals surface area contributed by atoms with E-state index < -0.39 is 0 Å². The minimum atomic E-state index is -0.228. The Balaban J connectivity index is 1.87. The van der Waals surface area contributed by atoms with Gasteiger partial charge in [0.1, 0.15) is 11.6 Å². The second-order valence-corrected chi connectivity index (χ2v) is 4.82. The number of hydrogen-bond acceptors (Lipinski definition) is 2. The third-order valence-electron chi connectivity index (χ3n) is 3.34. The van der Waals surface area contributed by atoms with Crippen molar-refractivity contribution in [3.63, 3.8) is 0 Å². The predicted octanol–water partition coefficient (Wildman–Crippen LogP) is 3.43. The topological polar surface area (TPSA) is 40.7 Å². The van der Waals surface area contributed by atoms with Crippen molar-refractivity contribution >= 4 is 0 Å². The SMILES string of the molecule is Fc1cccc([C@H](NCc2ncc[nH]2)c2ccccc2)c1. The molecule has 21 heavy (non-hydrogen) atoms. The molecule has 0 spiro atoms. The van der Waals surface area contributed by atoms with Crippen molar-refractivity contribution in [2.75, 3.05) is 0 Å². The van der Waals surface area contributed by atoms with Crippen LogP contribution in [-0.2, 0) is 6.54 Å². The highest BCUT2D eigenvalue weighted by Gasteiger charge is 2.14. The van der Waals surface area contributed by atoms with Crippen molar-refractivity contribution in [3.8, 4) is 0 Å². The quantitative estimate of drug-likeness (QED) is 0.752. The van der Waals surface area contributed by atoms with Gasteiger partial charge in [-0.3, -0.25) is 5.32 Å². The zero-order valence-corrected chi connectivity index (χ0v) is 11.5. The number of rotatable bonds is 5. The molecule has 1 atom stereocenters. The van der Waals surface area contributed by atoms with E-state index >= 15 is 0 Å². The fourth-order valence-corrected chi connectivity index (χ4v) is 2.35. The molecule has 0 saturated heterocycles. The van der Waals surface area contributed by atoms with Crippen LogP contribution >= 0.6 is 0 Å². The molecular formula is C17H16FN3. The molecule has 3 aromatic rings. The van der Waals surface area contributed by atoms with Gasteiger partial charge >= 0.3 is 0 Å². The van der Waals surface area contributed by atoms with E-state index in [9.17, 15) is 4.39 Å². The summed E-state index contributed by atoms with van der Waals surface area (Å²) in [5, 5.41) is 3.42. The molecule has 0 saturated carbocycles. The van der Waals surface area contributed by atoms with E-state index in [2.05, 4.69) is 15.3 Å². The van der Waals surface area contributed by atoms with Crippen LogP contribution in [0.15, 0.2) is 67.0 Å². The number of nitrogens with zero attached hydrogens (tertiary/aromatic N) is 1. The van der Waals surface area contributed by atoms with Gasteiger partial charge in [0.05, 0.1) is 12.6 Å². The highest BCUT2D eigenvalue weighted by Crippen LogP contribution is 2.22. The molecule has 3 nitrogen and oxygen atoms in total. The molecule has 0 fully saturated rings. The first-order valence-corrected chi connectivity index (χ1v) is 6.85. The summed E-state index contributed by atoms with van der Waals surface area (Å²) in [6.45, 7) is 0.586. The average Bonchev–Trinajstić information content (AvgIpc) is 3.02. The predicted molar refractivity (Wildman–Crippen MR) is 80.1 cm³/mol. The summed E-state index contributed by atoms with van der Waals surface area (Å²) in [4.78, 5) is 7.26. The van der Waals surface area contributed by atoms with Crippen LogP contribution in [0.1, 0.15) is 23.0 Å². The summed E-state index contributed by atoms with van der Waals surface area (Å²) in [5.41, 5.74) is 1.99. The van der Waals surface area contributed by atoms with E-state index in [1.165, 1.54) is 6.07 Å². The highest BCUT2D eigenvalue weighted by molar-refractivity contribution is 5.32. The lowest BCUT2D eigenvalue weighted by Crippen LogP contribution is -2.22. The van der Waals surface area contributed by atoms with Crippen LogP contribution in [0.25, 0.3) is 0 Å². The number of benzene rings is 2. The van der Waals surface area contributed by atoms with Crippen LogP contribution in [0.3, 0.4) is 0 Å². The smallest absolute Gasteiger partial charge is 0.123 e. The van der Waals surface area contributed by atoms with Gasteiger partial charge in [-0.15, -0.1) is 0 Å². The van der Waals surface area contributed by atoms with Crippen LogP contribution in [0.5, 0.6) is 0 Å². The Morgan fingerprint density at radius 3 is 2.57 bits per heavy atom. The van der Waals surface area contributed by atoms with Crippen LogP contribution in [0, 0.1) is 5.82 Å². The van der Waals surface area contributed by atoms with Gasteiger partial charge in [0, 0.05) is 12.4 Å². The van der Waals surface area contributed by atoms with Crippen molar-refractivity contribution in [1.82, 2.24) is 15.3 Å². The lowest BCUT2D eigenvalue weighted by Gasteiger charge is -2.19. The number of hydrogen-bond donors (Lipinski definition) is 2. The van der Waals surface area contributed by atoms with Gasteiger partial charge in [-0.05, 0) is 23.3 Å². The Kier molecular flexibility index (Phi) is 4.07. The van der Waals surface area contributed by atoms with Gasteiger partial charge in [-0.25, -0.2) is 9.37 Å². The van der Waals surface area contributed by atoms with E-state index in [0.29, 0.717) is 6.54 Å². The maximum Gasteiger partial charge on any atom is 0.123 e. The average molecular weight is 281 g/mol. The van der Waals surface area contributed by atoms with Crippen molar-refractivity contribution in [1.29, 1.82) is 0 Å². The van der Waals surface area contributed by atoms with Gasteiger partial charge < -0.3 is 4.98 Å². The number of imidazole rings is 1. The molecule has 0 aliphatic heterocycles. The molecule has 0 amide bonds. The second kappa shape index (κ2) is 6.33. The summed E-state index contributed by atoms with van der Waals surface area (Å²) < 4.78 is 13.5. The number of halogens is 1. The zero-order valence-electron chi connectivity index (χ0n) is 11.5. The maximum atomic E-state index is 13.5. The molecule has 4 heteroatoms. The van der Waals surface area contributed by atoms with Gasteiger partial charge in [-0.1, -0.05) is 42.5 Å². The standard InChI is InChI=1S/C17H16FN3/c18-15-8-4-7-14(11-15)17(13-5-2-1-3-6-13)21-12-16-19-9-10-20-16/h1-11,17,21H,12H2,(H,19,20)/t17-/m1/s1. The maximum absolute atomic E-state index is 13.5. The molecule has 2 N–H and O–H groups in total. The molecule has 0 aliphatic carbocycles. The summed E-state index contributed by atoms with van der Waals surface area (Å²) in [6, 6.07) is 16.6. The molecule has 0 bridgehead atoms. The van der Waals surface area contributed by atoms with Crippen LogP contribution in [0.2, 0.25) is 0 Å². The van der Waals surface area contributed by atoms with Crippen LogP contribution in [0.4, 0.5) is 4.39 Å². The monoisotopic (exact) mass is 281 g/mol. The van der Waals surface area contributed by atoms with Gasteiger partial charge in [0.15, 0.2) is 0 Å². The highest BCUT2D eigenvalue weighted by atomic mass is 19.1. The lowest BCUT2D eigenvalue weighted by molar-refractivity contribution is 0.579. The van der Waals surface area contributed by atoms with Crippen molar-refractivity contribution in [2.45, 2.75) is 12.6 Å².